The second kappa shape index (κ2) is 7.19. The number of rotatable bonds is 5. The number of halogens is 1. The van der Waals surface area contributed by atoms with E-state index in [1.54, 1.807) is 18.2 Å². The summed E-state index contributed by atoms with van der Waals surface area (Å²) in [6.07, 6.45) is 0.719. The number of likely N-dealkylation sites (tertiary alicyclic amines) is 1. The normalized spacial score (nSPS) is 16.9. The number of amides is 2. The predicted molar refractivity (Wildman–Crippen MR) is 97.9 cm³/mol. The third-order valence-electron chi connectivity index (χ3n) is 4.80. The highest BCUT2D eigenvalue weighted by molar-refractivity contribution is 5.90. The van der Waals surface area contributed by atoms with E-state index in [0.29, 0.717) is 17.8 Å². The Morgan fingerprint density at radius 1 is 1.22 bits per heavy atom. The fraction of sp³-hybridized carbons (Fsp3) is 0.250. The standard InChI is InChI=1S/C20H19FN4O2/c21-14-6-2-1-5-13(14)12-25-17(9-10-19(25)26)20(27)22-11-18-23-15-7-3-4-8-16(15)24-18/h1-8,17H,9-12H2,(H,22,27)(H,23,24). The monoisotopic (exact) mass is 366 g/mol. The lowest BCUT2D eigenvalue weighted by Gasteiger charge is -2.24. The van der Waals surface area contributed by atoms with Gasteiger partial charge in [0.05, 0.1) is 17.6 Å². The van der Waals surface area contributed by atoms with Gasteiger partial charge in [-0.05, 0) is 24.6 Å². The van der Waals surface area contributed by atoms with E-state index in [1.165, 1.54) is 11.0 Å². The number of para-hydroxylation sites is 2. The number of imidazole rings is 1. The van der Waals surface area contributed by atoms with Crippen molar-refractivity contribution in [3.63, 3.8) is 0 Å². The fourth-order valence-electron chi connectivity index (χ4n) is 3.39. The zero-order valence-electron chi connectivity index (χ0n) is 14.6. The number of H-pyrrole nitrogens is 1. The number of hydrogen-bond acceptors (Lipinski definition) is 3. The molecule has 2 N–H and O–H groups in total. The van der Waals surface area contributed by atoms with Gasteiger partial charge < -0.3 is 15.2 Å². The van der Waals surface area contributed by atoms with Gasteiger partial charge in [0.25, 0.3) is 0 Å². The molecule has 3 aromatic rings. The third-order valence-corrected chi connectivity index (χ3v) is 4.80. The number of aromatic amines is 1. The van der Waals surface area contributed by atoms with E-state index in [1.807, 2.05) is 24.3 Å². The number of fused-ring (bicyclic) bond motifs is 1. The Bertz CT molecular complexity index is 967. The SMILES string of the molecule is O=C(NCc1nc2ccccc2[nH]1)C1CCC(=O)N1Cc1ccccc1F. The van der Waals surface area contributed by atoms with Crippen molar-refractivity contribution in [1.29, 1.82) is 0 Å². The van der Waals surface area contributed by atoms with Crippen LogP contribution in [0.5, 0.6) is 0 Å². The Balaban J connectivity index is 1.43. The number of nitrogens with one attached hydrogen (secondary N) is 2. The van der Waals surface area contributed by atoms with Crippen molar-refractivity contribution in [3.8, 4) is 0 Å². The maximum absolute atomic E-state index is 13.9. The molecule has 138 valence electrons. The number of aromatic nitrogens is 2. The van der Waals surface area contributed by atoms with Crippen LogP contribution >= 0.6 is 0 Å². The minimum absolute atomic E-state index is 0.0915. The molecule has 1 saturated heterocycles. The summed E-state index contributed by atoms with van der Waals surface area (Å²) < 4.78 is 13.9. The first-order valence-corrected chi connectivity index (χ1v) is 8.86. The second-order valence-corrected chi connectivity index (χ2v) is 6.59. The molecule has 0 spiro atoms. The molecule has 0 radical (unpaired) electrons. The molecular weight excluding hydrogens is 347 g/mol. The molecule has 1 aliphatic heterocycles. The maximum atomic E-state index is 13.9. The van der Waals surface area contributed by atoms with E-state index in [-0.39, 0.29) is 37.1 Å². The summed E-state index contributed by atoms with van der Waals surface area (Å²) in [5.41, 5.74) is 2.14. The quantitative estimate of drug-likeness (QED) is 0.728. The molecule has 2 heterocycles. The average Bonchev–Trinajstić information content (AvgIpc) is 3.25. The first-order chi connectivity index (χ1) is 13.1. The summed E-state index contributed by atoms with van der Waals surface area (Å²) in [6.45, 7) is 0.333. The largest absolute Gasteiger partial charge is 0.347 e. The van der Waals surface area contributed by atoms with Crippen LogP contribution in [0, 0.1) is 5.82 Å². The van der Waals surface area contributed by atoms with E-state index in [9.17, 15) is 14.0 Å². The van der Waals surface area contributed by atoms with Gasteiger partial charge in [0, 0.05) is 18.5 Å². The van der Waals surface area contributed by atoms with Crippen molar-refractivity contribution in [2.75, 3.05) is 0 Å². The molecule has 0 aliphatic carbocycles. The van der Waals surface area contributed by atoms with E-state index >= 15 is 0 Å². The Hall–Kier alpha value is -3.22. The molecule has 27 heavy (non-hydrogen) atoms. The topological polar surface area (TPSA) is 78.1 Å². The van der Waals surface area contributed by atoms with Crippen LogP contribution in [0.2, 0.25) is 0 Å². The summed E-state index contributed by atoms with van der Waals surface area (Å²) in [7, 11) is 0. The Kier molecular flexibility index (Phi) is 4.58. The van der Waals surface area contributed by atoms with Gasteiger partial charge >= 0.3 is 0 Å². The van der Waals surface area contributed by atoms with Gasteiger partial charge in [-0.1, -0.05) is 30.3 Å². The first kappa shape index (κ1) is 17.2. The molecule has 2 amide bonds. The molecule has 1 aliphatic rings. The second-order valence-electron chi connectivity index (χ2n) is 6.59. The van der Waals surface area contributed by atoms with Gasteiger partial charge in [-0.25, -0.2) is 9.37 Å². The number of benzene rings is 2. The van der Waals surface area contributed by atoms with E-state index in [0.717, 1.165) is 11.0 Å². The van der Waals surface area contributed by atoms with Gasteiger partial charge in [-0.2, -0.15) is 0 Å². The van der Waals surface area contributed by atoms with Crippen molar-refractivity contribution in [1.82, 2.24) is 20.2 Å². The maximum Gasteiger partial charge on any atom is 0.243 e. The van der Waals surface area contributed by atoms with Gasteiger partial charge in [-0.15, -0.1) is 0 Å². The molecule has 1 atom stereocenters. The van der Waals surface area contributed by atoms with Crippen molar-refractivity contribution >= 4 is 22.8 Å². The highest BCUT2D eigenvalue weighted by Crippen LogP contribution is 2.23. The molecule has 7 heteroatoms. The molecule has 4 rings (SSSR count). The molecule has 0 saturated carbocycles. The van der Waals surface area contributed by atoms with Crippen LogP contribution in [-0.4, -0.2) is 32.7 Å². The molecule has 6 nitrogen and oxygen atoms in total. The van der Waals surface area contributed by atoms with E-state index in [4.69, 9.17) is 0 Å². The summed E-state index contributed by atoms with van der Waals surface area (Å²) in [5.74, 6) is -0.118. The van der Waals surface area contributed by atoms with Crippen LogP contribution in [0.25, 0.3) is 11.0 Å². The zero-order chi connectivity index (χ0) is 18.8. The molecule has 1 aromatic heterocycles. The van der Waals surface area contributed by atoms with Gasteiger partial charge in [0.2, 0.25) is 11.8 Å². The van der Waals surface area contributed by atoms with Crippen molar-refractivity contribution in [3.05, 3.63) is 65.7 Å². The first-order valence-electron chi connectivity index (χ1n) is 8.86. The van der Waals surface area contributed by atoms with E-state index < -0.39 is 6.04 Å². The number of carbonyl (C=O) groups is 2. The summed E-state index contributed by atoms with van der Waals surface area (Å²) in [6, 6.07) is 13.3. The van der Waals surface area contributed by atoms with Gasteiger partial charge in [0.15, 0.2) is 0 Å². The Morgan fingerprint density at radius 2 is 2.00 bits per heavy atom. The van der Waals surface area contributed by atoms with E-state index in [2.05, 4.69) is 15.3 Å². The molecule has 2 aromatic carbocycles. The van der Waals surface area contributed by atoms with Gasteiger partial charge in [-0.3, -0.25) is 9.59 Å². The van der Waals surface area contributed by atoms with Crippen LogP contribution in [0.4, 0.5) is 4.39 Å². The highest BCUT2D eigenvalue weighted by Gasteiger charge is 2.36. The number of carbonyl (C=O) groups excluding carboxylic acids is 2. The lowest BCUT2D eigenvalue weighted by molar-refractivity contribution is -0.135. The smallest absolute Gasteiger partial charge is 0.243 e. The third kappa shape index (κ3) is 3.53. The highest BCUT2D eigenvalue weighted by atomic mass is 19.1. The lowest BCUT2D eigenvalue weighted by Crippen LogP contribution is -2.44. The molecular formula is C20H19FN4O2. The minimum Gasteiger partial charge on any atom is -0.347 e. The fourth-order valence-corrected chi connectivity index (χ4v) is 3.39. The minimum atomic E-state index is -0.596. The van der Waals surface area contributed by atoms with Crippen LogP contribution in [-0.2, 0) is 22.7 Å². The van der Waals surface area contributed by atoms with Crippen LogP contribution < -0.4 is 5.32 Å². The average molecular weight is 366 g/mol. The Morgan fingerprint density at radius 3 is 2.81 bits per heavy atom. The van der Waals surface area contributed by atoms with Crippen LogP contribution in [0.3, 0.4) is 0 Å². The molecule has 1 fully saturated rings. The van der Waals surface area contributed by atoms with Crippen LogP contribution in [0.15, 0.2) is 48.5 Å². The van der Waals surface area contributed by atoms with Gasteiger partial charge in [0.1, 0.15) is 17.7 Å². The van der Waals surface area contributed by atoms with Crippen molar-refractivity contribution in [2.24, 2.45) is 0 Å². The molecule has 1 unspecified atom stereocenters. The number of hydrogen-bond donors (Lipinski definition) is 2. The lowest BCUT2D eigenvalue weighted by atomic mass is 10.1. The summed E-state index contributed by atoms with van der Waals surface area (Å²) in [4.78, 5) is 33.9. The predicted octanol–water partition coefficient (Wildman–Crippen LogP) is 2.51. The Labute approximate surface area is 155 Å². The molecule has 0 bridgehead atoms. The number of nitrogens with zero attached hydrogens (tertiary/aromatic N) is 2. The summed E-state index contributed by atoms with van der Waals surface area (Å²) >= 11 is 0. The van der Waals surface area contributed by atoms with Crippen LogP contribution in [0.1, 0.15) is 24.2 Å². The van der Waals surface area contributed by atoms with Crippen molar-refractivity contribution in [2.45, 2.75) is 32.0 Å². The summed E-state index contributed by atoms with van der Waals surface area (Å²) in [5, 5.41) is 2.83. The zero-order valence-corrected chi connectivity index (χ0v) is 14.6. The van der Waals surface area contributed by atoms with Crippen molar-refractivity contribution < 1.29 is 14.0 Å².